The molecule has 1 aliphatic heterocycles. The summed E-state index contributed by atoms with van der Waals surface area (Å²) in [7, 11) is 0. The number of nitrogens with zero attached hydrogens (tertiary/aromatic N) is 2. The van der Waals surface area contributed by atoms with Crippen LogP contribution in [0.2, 0.25) is 0 Å². The zero-order valence-corrected chi connectivity index (χ0v) is 12.0. The van der Waals surface area contributed by atoms with Crippen molar-refractivity contribution in [2.75, 3.05) is 5.01 Å². The second-order valence-corrected chi connectivity index (χ2v) is 5.79. The molecule has 2 aromatic rings. The molecule has 0 bridgehead atoms. The monoisotopic (exact) mass is 324 g/mol. The van der Waals surface area contributed by atoms with E-state index in [9.17, 15) is 18.3 Å². The molecule has 1 heterocycles. The van der Waals surface area contributed by atoms with Crippen molar-refractivity contribution in [2.24, 2.45) is 5.10 Å². The van der Waals surface area contributed by atoms with Gasteiger partial charge < -0.3 is 5.11 Å². The van der Waals surface area contributed by atoms with Crippen LogP contribution in [-0.2, 0) is 0 Å². The van der Waals surface area contributed by atoms with Crippen LogP contribution >= 0.6 is 11.8 Å². The largest absolute Gasteiger partial charge is 0.449 e. The maximum Gasteiger partial charge on any atom is 0.449 e. The number of hydrogen-bond donors (Lipinski definition) is 1. The Morgan fingerprint density at radius 1 is 0.955 bits per heavy atom. The number of aliphatic hydroxyl groups is 1. The Morgan fingerprint density at radius 2 is 1.50 bits per heavy atom. The zero-order chi connectivity index (χ0) is 15.8. The van der Waals surface area contributed by atoms with Crippen LogP contribution in [0.4, 0.5) is 18.9 Å². The summed E-state index contributed by atoms with van der Waals surface area (Å²) in [5, 5.41) is 11.8. The van der Waals surface area contributed by atoms with E-state index in [1.165, 1.54) is 12.1 Å². The predicted molar refractivity (Wildman–Crippen MR) is 80.5 cm³/mol. The third kappa shape index (κ3) is 2.46. The van der Waals surface area contributed by atoms with E-state index in [1.54, 1.807) is 48.5 Å². The molecule has 0 aromatic heterocycles. The first kappa shape index (κ1) is 14.9. The lowest BCUT2D eigenvalue weighted by Gasteiger charge is -2.32. The lowest BCUT2D eigenvalue weighted by Crippen LogP contribution is -2.52. The van der Waals surface area contributed by atoms with Gasteiger partial charge in [-0.05, 0) is 23.9 Å². The molecule has 0 amide bonds. The summed E-state index contributed by atoms with van der Waals surface area (Å²) in [6.45, 7) is 0. The number of hydrogen-bond acceptors (Lipinski definition) is 4. The summed E-state index contributed by atoms with van der Waals surface area (Å²) in [6, 6.07) is 16.3. The third-order valence-electron chi connectivity index (χ3n) is 3.11. The maximum atomic E-state index is 13.4. The standard InChI is InChI=1S/C15H11F3N2OS/c16-14(17,18)15(21)20(12-9-5-2-6-10-12)19-13(22-15)11-7-3-1-4-8-11/h1-10,21H. The Balaban J connectivity index is 2.07. The van der Waals surface area contributed by atoms with Gasteiger partial charge >= 0.3 is 11.2 Å². The van der Waals surface area contributed by atoms with Crippen molar-refractivity contribution in [3.8, 4) is 0 Å². The van der Waals surface area contributed by atoms with Crippen molar-refractivity contribution in [1.29, 1.82) is 0 Å². The quantitative estimate of drug-likeness (QED) is 0.912. The predicted octanol–water partition coefficient (Wildman–Crippen LogP) is 3.81. The minimum absolute atomic E-state index is 0.115. The molecule has 0 fully saturated rings. The number of rotatable bonds is 2. The average Bonchev–Trinajstić information content (AvgIpc) is 2.88. The van der Waals surface area contributed by atoms with Crippen molar-refractivity contribution in [3.63, 3.8) is 0 Å². The number of benzene rings is 2. The Kier molecular flexibility index (Phi) is 3.62. The molecule has 0 spiro atoms. The summed E-state index contributed by atoms with van der Waals surface area (Å²) >= 11 is 0.282. The van der Waals surface area contributed by atoms with Gasteiger partial charge in [-0.2, -0.15) is 18.3 Å². The normalized spacial score (nSPS) is 21.8. The average molecular weight is 324 g/mol. The van der Waals surface area contributed by atoms with Crippen molar-refractivity contribution in [2.45, 2.75) is 11.2 Å². The SMILES string of the molecule is OC1(C(F)(F)F)SC(c2ccccc2)=NN1c1ccccc1. The molecule has 7 heteroatoms. The molecule has 22 heavy (non-hydrogen) atoms. The van der Waals surface area contributed by atoms with E-state index in [0.717, 1.165) is 0 Å². The molecular formula is C15H11F3N2OS. The van der Waals surface area contributed by atoms with Gasteiger partial charge in [0, 0.05) is 5.56 Å². The van der Waals surface area contributed by atoms with Crippen LogP contribution in [0.15, 0.2) is 65.8 Å². The van der Waals surface area contributed by atoms with Gasteiger partial charge in [-0.3, -0.25) is 0 Å². The number of anilines is 1. The van der Waals surface area contributed by atoms with E-state index in [4.69, 9.17) is 0 Å². The lowest BCUT2D eigenvalue weighted by atomic mass is 10.2. The highest BCUT2D eigenvalue weighted by Crippen LogP contribution is 2.49. The number of para-hydroxylation sites is 1. The first-order valence-electron chi connectivity index (χ1n) is 6.39. The summed E-state index contributed by atoms with van der Waals surface area (Å²) in [5.41, 5.74) is 0.689. The minimum atomic E-state index is -4.87. The van der Waals surface area contributed by atoms with Crippen molar-refractivity contribution < 1.29 is 18.3 Å². The Bertz CT molecular complexity index is 691. The lowest BCUT2D eigenvalue weighted by molar-refractivity contribution is -0.218. The second kappa shape index (κ2) is 5.33. The summed E-state index contributed by atoms with van der Waals surface area (Å²) in [6.07, 6.45) is -4.87. The number of thioether (sulfide) groups is 1. The van der Waals surface area contributed by atoms with Gasteiger partial charge in [0.25, 0.3) is 0 Å². The minimum Gasteiger partial charge on any atom is -0.354 e. The molecule has 1 unspecified atom stereocenters. The Hall–Kier alpha value is -1.99. The van der Waals surface area contributed by atoms with Gasteiger partial charge in [0.15, 0.2) is 0 Å². The van der Waals surface area contributed by atoms with Gasteiger partial charge in [0.2, 0.25) is 0 Å². The molecule has 0 aliphatic carbocycles. The van der Waals surface area contributed by atoms with E-state index in [0.29, 0.717) is 10.6 Å². The molecule has 3 nitrogen and oxygen atoms in total. The van der Waals surface area contributed by atoms with Crippen LogP contribution in [0.25, 0.3) is 0 Å². The van der Waals surface area contributed by atoms with Crippen LogP contribution in [0.1, 0.15) is 5.56 Å². The van der Waals surface area contributed by atoms with Crippen molar-refractivity contribution in [3.05, 3.63) is 66.2 Å². The van der Waals surface area contributed by atoms with Gasteiger partial charge in [-0.1, -0.05) is 48.5 Å². The van der Waals surface area contributed by atoms with E-state index in [-0.39, 0.29) is 22.5 Å². The molecule has 3 rings (SSSR count). The number of hydrazone groups is 1. The fraction of sp³-hybridized carbons (Fsp3) is 0.133. The molecule has 0 saturated carbocycles. The maximum absolute atomic E-state index is 13.4. The molecule has 1 aliphatic rings. The van der Waals surface area contributed by atoms with Crippen molar-refractivity contribution >= 4 is 22.5 Å². The zero-order valence-electron chi connectivity index (χ0n) is 11.2. The fourth-order valence-electron chi connectivity index (χ4n) is 2.03. The first-order valence-corrected chi connectivity index (χ1v) is 7.21. The highest BCUT2D eigenvalue weighted by Gasteiger charge is 2.63. The summed E-state index contributed by atoms with van der Waals surface area (Å²) in [4.78, 5) is 0. The topological polar surface area (TPSA) is 35.8 Å². The third-order valence-corrected chi connectivity index (χ3v) is 4.31. The molecule has 114 valence electrons. The summed E-state index contributed by atoms with van der Waals surface area (Å²) < 4.78 is 40.2. The molecule has 1 atom stereocenters. The Labute approximate surface area is 129 Å². The van der Waals surface area contributed by atoms with E-state index in [2.05, 4.69) is 5.10 Å². The number of halogens is 3. The fourth-order valence-corrected chi connectivity index (χ4v) is 3.03. The van der Waals surface area contributed by atoms with Crippen LogP contribution < -0.4 is 5.01 Å². The van der Waals surface area contributed by atoms with Crippen LogP contribution in [-0.4, -0.2) is 21.4 Å². The highest BCUT2D eigenvalue weighted by molar-refractivity contribution is 8.15. The van der Waals surface area contributed by atoms with Gasteiger partial charge in [-0.15, -0.1) is 0 Å². The van der Waals surface area contributed by atoms with Crippen LogP contribution in [0, 0.1) is 0 Å². The molecule has 1 N–H and O–H groups in total. The second-order valence-electron chi connectivity index (χ2n) is 4.63. The van der Waals surface area contributed by atoms with Gasteiger partial charge in [-0.25, -0.2) is 5.01 Å². The van der Waals surface area contributed by atoms with E-state index in [1.807, 2.05) is 0 Å². The first-order chi connectivity index (χ1) is 10.4. The van der Waals surface area contributed by atoms with Gasteiger partial charge in [0.1, 0.15) is 5.04 Å². The molecule has 2 aromatic carbocycles. The van der Waals surface area contributed by atoms with Crippen LogP contribution in [0.3, 0.4) is 0 Å². The molecule has 0 saturated heterocycles. The molecule has 0 radical (unpaired) electrons. The summed E-state index contributed by atoms with van der Waals surface area (Å²) in [5.74, 6) is 0. The number of alkyl halides is 3. The smallest absolute Gasteiger partial charge is 0.354 e. The van der Waals surface area contributed by atoms with Gasteiger partial charge in [0.05, 0.1) is 5.69 Å². The van der Waals surface area contributed by atoms with Crippen LogP contribution in [0.5, 0.6) is 0 Å². The van der Waals surface area contributed by atoms with E-state index >= 15 is 0 Å². The molecular weight excluding hydrogens is 313 g/mol. The van der Waals surface area contributed by atoms with Crippen molar-refractivity contribution in [1.82, 2.24) is 0 Å². The highest BCUT2D eigenvalue weighted by atomic mass is 32.2. The Morgan fingerprint density at radius 3 is 2.05 bits per heavy atom. The van der Waals surface area contributed by atoms with E-state index < -0.39 is 11.2 Å².